The molecule has 1 aromatic carbocycles. The van der Waals surface area contributed by atoms with Crippen molar-refractivity contribution >= 4 is 5.97 Å². The Morgan fingerprint density at radius 1 is 1.44 bits per heavy atom. The van der Waals surface area contributed by atoms with E-state index in [0.29, 0.717) is 13.0 Å². The summed E-state index contributed by atoms with van der Waals surface area (Å²) in [5, 5.41) is 0. The van der Waals surface area contributed by atoms with E-state index in [-0.39, 0.29) is 11.9 Å². The van der Waals surface area contributed by atoms with Crippen molar-refractivity contribution in [2.24, 2.45) is 5.92 Å². The molecule has 84 valence electrons. The van der Waals surface area contributed by atoms with Crippen LogP contribution in [0.2, 0.25) is 0 Å². The van der Waals surface area contributed by atoms with E-state index in [0.717, 1.165) is 12.0 Å². The lowest BCUT2D eigenvalue weighted by molar-refractivity contribution is -0.149. The number of carbonyl (C=O) groups excluding carboxylic acids is 1. The maximum atomic E-state index is 11.6. The van der Waals surface area contributed by atoms with E-state index in [1.54, 1.807) is 0 Å². The van der Waals surface area contributed by atoms with Gasteiger partial charge in [0.05, 0.1) is 5.92 Å². The minimum absolute atomic E-state index is 0.172. The molecule has 0 saturated carbocycles. The number of hydrogen-bond acceptors (Lipinski definition) is 2. The first-order valence-corrected chi connectivity index (χ1v) is 5.42. The Hall–Kier alpha value is -1.75. The Balaban J connectivity index is 2.43. The second kappa shape index (κ2) is 6.68. The zero-order valence-corrected chi connectivity index (χ0v) is 9.48. The fourth-order valence-corrected chi connectivity index (χ4v) is 1.38. The average molecular weight is 216 g/mol. The number of hydrogen-bond donors (Lipinski definition) is 0. The zero-order valence-electron chi connectivity index (χ0n) is 9.48. The molecule has 0 fully saturated rings. The summed E-state index contributed by atoms with van der Waals surface area (Å²) in [5.41, 5.74) is 0.992. The van der Waals surface area contributed by atoms with Gasteiger partial charge < -0.3 is 4.74 Å². The van der Waals surface area contributed by atoms with Crippen molar-refractivity contribution in [1.29, 1.82) is 0 Å². The molecule has 2 nitrogen and oxygen atoms in total. The molecule has 0 aliphatic heterocycles. The topological polar surface area (TPSA) is 26.3 Å². The molecule has 16 heavy (non-hydrogen) atoms. The molecule has 1 rings (SSSR count). The number of carbonyl (C=O) groups is 1. The van der Waals surface area contributed by atoms with Crippen LogP contribution in [0.15, 0.2) is 30.3 Å². The molecule has 0 bridgehead atoms. The minimum atomic E-state index is -0.204. The Morgan fingerprint density at radius 3 is 2.69 bits per heavy atom. The van der Waals surface area contributed by atoms with Gasteiger partial charge >= 0.3 is 5.97 Å². The molecule has 1 aromatic rings. The molecule has 0 heterocycles. The van der Waals surface area contributed by atoms with Gasteiger partial charge in [-0.1, -0.05) is 37.3 Å². The first-order valence-electron chi connectivity index (χ1n) is 5.42. The summed E-state index contributed by atoms with van der Waals surface area (Å²) in [6, 6.07) is 9.62. The van der Waals surface area contributed by atoms with E-state index < -0.39 is 0 Å². The van der Waals surface area contributed by atoms with Crippen LogP contribution < -0.4 is 0 Å². The first-order chi connectivity index (χ1) is 7.77. The third-order valence-corrected chi connectivity index (χ3v) is 2.41. The molecular formula is C14H16O2. The number of ether oxygens (including phenoxy) is 1. The highest BCUT2D eigenvalue weighted by atomic mass is 16.5. The fourth-order valence-electron chi connectivity index (χ4n) is 1.38. The standard InChI is InChI=1S/C14H16O2/c1-3-8-13(4-2)14(15)16-11-12-9-6-5-7-10-12/h1,5-7,9-10,13H,4,8,11H2,2H3. The number of benzene rings is 1. The van der Waals surface area contributed by atoms with Crippen molar-refractivity contribution in [3.63, 3.8) is 0 Å². The van der Waals surface area contributed by atoms with Crippen molar-refractivity contribution in [2.75, 3.05) is 0 Å². The van der Waals surface area contributed by atoms with E-state index in [1.807, 2.05) is 37.3 Å². The lowest BCUT2D eigenvalue weighted by atomic mass is 10.0. The molecule has 0 radical (unpaired) electrons. The predicted molar refractivity (Wildman–Crippen MR) is 63.5 cm³/mol. The van der Waals surface area contributed by atoms with E-state index in [9.17, 15) is 4.79 Å². The molecule has 0 aliphatic carbocycles. The van der Waals surface area contributed by atoms with Crippen molar-refractivity contribution in [1.82, 2.24) is 0 Å². The lowest BCUT2D eigenvalue weighted by Crippen LogP contribution is -2.16. The highest BCUT2D eigenvalue weighted by molar-refractivity contribution is 5.72. The molecular weight excluding hydrogens is 200 g/mol. The van der Waals surface area contributed by atoms with Crippen LogP contribution in [-0.2, 0) is 16.1 Å². The van der Waals surface area contributed by atoms with Crippen LogP contribution in [0.1, 0.15) is 25.3 Å². The highest BCUT2D eigenvalue weighted by Crippen LogP contribution is 2.11. The van der Waals surface area contributed by atoms with E-state index in [1.165, 1.54) is 0 Å². The van der Waals surface area contributed by atoms with Gasteiger partial charge in [-0.15, -0.1) is 12.3 Å². The van der Waals surface area contributed by atoms with E-state index >= 15 is 0 Å². The molecule has 1 unspecified atom stereocenters. The molecule has 2 heteroatoms. The van der Waals surface area contributed by atoms with Crippen molar-refractivity contribution in [2.45, 2.75) is 26.4 Å². The van der Waals surface area contributed by atoms with Gasteiger partial charge in [0.1, 0.15) is 6.61 Å². The van der Waals surface area contributed by atoms with Crippen LogP contribution in [-0.4, -0.2) is 5.97 Å². The van der Waals surface area contributed by atoms with Crippen LogP contribution in [0.3, 0.4) is 0 Å². The van der Waals surface area contributed by atoms with Gasteiger partial charge in [0.25, 0.3) is 0 Å². The zero-order chi connectivity index (χ0) is 11.8. The number of esters is 1. The maximum absolute atomic E-state index is 11.6. The number of rotatable bonds is 5. The maximum Gasteiger partial charge on any atom is 0.310 e. The Morgan fingerprint density at radius 2 is 2.12 bits per heavy atom. The molecule has 0 amide bonds. The van der Waals surface area contributed by atoms with Crippen LogP contribution in [0.5, 0.6) is 0 Å². The highest BCUT2D eigenvalue weighted by Gasteiger charge is 2.16. The van der Waals surface area contributed by atoms with Gasteiger partial charge in [-0.05, 0) is 12.0 Å². The molecule has 1 atom stereocenters. The van der Waals surface area contributed by atoms with Gasteiger partial charge in [-0.2, -0.15) is 0 Å². The molecule has 0 saturated heterocycles. The lowest BCUT2D eigenvalue weighted by Gasteiger charge is -2.11. The Bertz CT molecular complexity index is 362. The summed E-state index contributed by atoms with van der Waals surface area (Å²) in [6.07, 6.45) is 6.36. The Kier molecular flexibility index (Phi) is 5.15. The van der Waals surface area contributed by atoms with Gasteiger partial charge in [-0.25, -0.2) is 0 Å². The number of terminal acetylenes is 1. The van der Waals surface area contributed by atoms with Gasteiger partial charge in [0, 0.05) is 6.42 Å². The predicted octanol–water partition coefficient (Wildman–Crippen LogP) is 2.78. The van der Waals surface area contributed by atoms with E-state index in [2.05, 4.69) is 5.92 Å². The quantitative estimate of drug-likeness (QED) is 0.559. The summed E-state index contributed by atoms with van der Waals surface area (Å²) in [5.74, 6) is 2.12. The monoisotopic (exact) mass is 216 g/mol. The molecule has 0 spiro atoms. The van der Waals surface area contributed by atoms with Crippen LogP contribution in [0.4, 0.5) is 0 Å². The van der Waals surface area contributed by atoms with Crippen molar-refractivity contribution in [3.05, 3.63) is 35.9 Å². The fraction of sp³-hybridized carbons (Fsp3) is 0.357. The smallest absolute Gasteiger partial charge is 0.310 e. The normalized spacial score (nSPS) is 11.5. The molecule has 0 N–H and O–H groups in total. The van der Waals surface area contributed by atoms with Crippen molar-refractivity contribution in [3.8, 4) is 12.3 Å². The van der Waals surface area contributed by atoms with Crippen molar-refractivity contribution < 1.29 is 9.53 Å². The molecule has 0 aliphatic rings. The van der Waals surface area contributed by atoms with Gasteiger partial charge in [0.15, 0.2) is 0 Å². The summed E-state index contributed by atoms with van der Waals surface area (Å²) in [4.78, 5) is 11.6. The summed E-state index contributed by atoms with van der Waals surface area (Å²) < 4.78 is 5.20. The second-order valence-corrected chi connectivity index (χ2v) is 3.61. The summed E-state index contributed by atoms with van der Waals surface area (Å²) in [6.45, 7) is 2.26. The largest absolute Gasteiger partial charge is 0.461 e. The SMILES string of the molecule is C#CCC(CC)C(=O)OCc1ccccc1. The van der Waals surface area contributed by atoms with E-state index in [4.69, 9.17) is 11.2 Å². The summed E-state index contributed by atoms with van der Waals surface area (Å²) in [7, 11) is 0. The second-order valence-electron chi connectivity index (χ2n) is 3.61. The first kappa shape index (κ1) is 12.3. The molecule has 0 aromatic heterocycles. The average Bonchev–Trinajstić information content (AvgIpc) is 2.34. The summed E-state index contributed by atoms with van der Waals surface area (Å²) >= 11 is 0. The van der Waals surface area contributed by atoms with Crippen LogP contribution in [0.25, 0.3) is 0 Å². The van der Waals surface area contributed by atoms with Gasteiger partial charge in [-0.3, -0.25) is 4.79 Å². The third-order valence-electron chi connectivity index (χ3n) is 2.41. The van der Waals surface area contributed by atoms with Gasteiger partial charge in [0.2, 0.25) is 0 Å². The van der Waals surface area contributed by atoms with Crippen LogP contribution >= 0.6 is 0 Å². The Labute approximate surface area is 96.6 Å². The minimum Gasteiger partial charge on any atom is -0.461 e. The third kappa shape index (κ3) is 3.78. The van der Waals surface area contributed by atoms with Crippen LogP contribution in [0, 0.1) is 18.3 Å².